The van der Waals surface area contributed by atoms with Gasteiger partial charge in [-0.2, -0.15) is 0 Å². The highest BCUT2D eigenvalue weighted by Crippen LogP contribution is 2.18. The Bertz CT molecular complexity index is 296. The zero-order chi connectivity index (χ0) is 14.1. The number of nitrogens with one attached hydrogen (secondary N) is 2. The summed E-state index contributed by atoms with van der Waals surface area (Å²) in [5, 5.41) is 2.74. The van der Waals surface area contributed by atoms with Gasteiger partial charge in [0, 0.05) is 13.5 Å². The van der Waals surface area contributed by atoms with E-state index in [-0.39, 0.29) is 17.9 Å². The van der Waals surface area contributed by atoms with Gasteiger partial charge in [0.05, 0.1) is 6.04 Å². The minimum absolute atomic E-state index is 0.0334. The van der Waals surface area contributed by atoms with E-state index in [1.807, 2.05) is 0 Å². The first kappa shape index (κ1) is 15.9. The fraction of sp³-hybridized carbons (Fsp3) is 0.846. The van der Waals surface area contributed by atoms with Crippen molar-refractivity contribution >= 4 is 11.8 Å². The monoisotopic (exact) mass is 270 g/mol. The Morgan fingerprint density at radius 3 is 2.74 bits per heavy atom. The molecule has 1 saturated heterocycles. The Morgan fingerprint density at radius 1 is 1.26 bits per heavy atom. The lowest BCUT2D eigenvalue weighted by molar-refractivity contribution is -0.127. The quantitative estimate of drug-likeness (QED) is 0.266. The second-order valence-electron chi connectivity index (χ2n) is 5.04. The van der Waals surface area contributed by atoms with Crippen LogP contribution in [0.4, 0.5) is 0 Å². The van der Waals surface area contributed by atoms with E-state index in [9.17, 15) is 9.59 Å². The van der Waals surface area contributed by atoms with Crippen molar-refractivity contribution in [3.8, 4) is 0 Å². The summed E-state index contributed by atoms with van der Waals surface area (Å²) in [7, 11) is 1.69. The summed E-state index contributed by atoms with van der Waals surface area (Å²) in [5.74, 6) is 5.04. The van der Waals surface area contributed by atoms with Crippen molar-refractivity contribution in [2.75, 3.05) is 20.1 Å². The molecule has 4 N–H and O–H groups in total. The number of rotatable bonds is 7. The number of unbranched alkanes of at least 4 members (excludes halogenated alkanes) is 2. The van der Waals surface area contributed by atoms with Gasteiger partial charge in [-0.1, -0.05) is 12.8 Å². The largest absolute Gasteiger partial charge is 0.358 e. The summed E-state index contributed by atoms with van der Waals surface area (Å²) in [5.41, 5.74) is 2.13. The Kier molecular flexibility index (Phi) is 7.43. The van der Waals surface area contributed by atoms with Crippen LogP contribution in [0.5, 0.6) is 0 Å². The molecule has 6 nitrogen and oxygen atoms in total. The predicted molar refractivity (Wildman–Crippen MR) is 74.1 cm³/mol. The lowest BCUT2D eigenvalue weighted by atomic mass is 10.0. The first-order valence-corrected chi connectivity index (χ1v) is 7.14. The van der Waals surface area contributed by atoms with Gasteiger partial charge in [0.1, 0.15) is 0 Å². The van der Waals surface area contributed by atoms with Gasteiger partial charge < -0.3 is 5.32 Å². The maximum absolute atomic E-state index is 11.8. The van der Waals surface area contributed by atoms with E-state index in [1.54, 1.807) is 7.05 Å². The zero-order valence-corrected chi connectivity index (χ0v) is 11.8. The smallest absolute Gasteiger partial charge is 0.237 e. The maximum Gasteiger partial charge on any atom is 0.237 e. The van der Waals surface area contributed by atoms with E-state index in [1.165, 1.54) is 6.42 Å². The number of hydrazine groups is 1. The minimum atomic E-state index is -0.110. The molecule has 0 aromatic heterocycles. The molecule has 0 spiro atoms. The summed E-state index contributed by atoms with van der Waals surface area (Å²) < 4.78 is 0. The average molecular weight is 270 g/mol. The third-order valence-electron chi connectivity index (χ3n) is 3.67. The van der Waals surface area contributed by atoms with E-state index < -0.39 is 0 Å². The van der Waals surface area contributed by atoms with Crippen LogP contribution >= 0.6 is 0 Å². The van der Waals surface area contributed by atoms with Crippen LogP contribution in [0.3, 0.4) is 0 Å². The highest BCUT2D eigenvalue weighted by molar-refractivity contribution is 5.81. The van der Waals surface area contributed by atoms with Crippen molar-refractivity contribution in [2.24, 2.45) is 5.84 Å². The number of carbonyl (C=O) groups is 2. The Morgan fingerprint density at radius 2 is 2.05 bits per heavy atom. The predicted octanol–water partition coefficient (Wildman–Crippen LogP) is 0.137. The molecule has 0 saturated carbocycles. The molecule has 1 aliphatic heterocycles. The molecular weight excluding hydrogens is 244 g/mol. The Labute approximate surface area is 115 Å². The molecule has 0 aliphatic carbocycles. The van der Waals surface area contributed by atoms with Crippen LogP contribution < -0.4 is 16.6 Å². The van der Waals surface area contributed by atoms with Gasteiger partial charge in [0.25, 0.3) is 0 Å². The average Bonchev–Trinajstić information content (AvgIpc) is 2.46. The topological polar surface area (TPSA) is 87.5 Å². The summed E-state index contributed by atoms with van der Waals surface area (Å²) in [6, 6.07) is 0.0334. The molecule has 0 bridgehead atoms. The van der Waals surface area contributed by atoms with Crippen LogP contribution in [-0.2, 0) is 9.59 Å². The summed E-state index contributed by atoms with van der Waals surface area (Å²) in [6.45, 7) is 1.93. The van der Waals surface area contributed by atoms with Gasteiger partial charge in [0.15, 0.2) is 0 Å². The number of nitrogens with zero attached hydrogens (tertiary/aromatic N) is 1. The summed E-state index contributed by atoms with van der Waals surface area (Å²) in [4.78, 5) is 25.0. The molecule has 1 fully saturated rings. The Hall–Kier alpha value is -1.14. The van der Waals surface area contributed by atoms with Crippen LogP contribution in [0.25, 0.3) is 0 Å². The molecular formula is C13H26N4O2. The Balaban J connectivity index is 2.22. The molecule has 1 unspecified atom stereocenters. The minimum Gasteiger partial charge on any atom is -0.358 e. The lowest BCUT2D eigenvalue weighted by Gasteiger charge is -2.34. The molecule has 6 heteroatoms. The molecule has 1 heterocycles. The summed E-state index contributed by atoms with van der Waals surface area (Å²) in [6.07, 6.45) is 6.59. The number of nitrogens with two attached hydrogens (primary N) is 1. The number of hydrogen-bond acceptors (Lipinski definition) is 4. The van der Waals surface area contributed by atoms with Crippen molar-refractivity contribution in [3.05, 3.63) is 0 Å². The van der Waals surface area contributed by atoms with Gasteiger partial charge in [-0.3, -0.25) is 19.9 Å². The van der Waals surface area contributed by atoms with Gasteiger partial charge in [-0.15, -0.1) is 0 Å². The van der Waals surface area contributed by atoms with Gasteiger partial charge in [-0.25, -0.2) is 5.84 Å². The van der Waals surface area contributed by atoms with Gasteiger partial charge >= 0.3 is 0 Å². The number of likely N-dealkylation sites (N-methyl/N-ethyl adjacent to an activating group) is 1. The standard InChI is InChI=1S/C13H26N4O2/c1-15-13(19)11-7-4-6-10-17(11)9-5-2-3-8-12(18)16-14/h11H,2-10,14H2,1H3,(H,15,19)(H,16,18). The molecule has 110 valence electrons. The molecule has 1 atom stereocenters. The van der Waals surface area contributed by atoms with Crippen LogP contribution in [0, 0.1) is 0 Å². The van der Waals surface area contributed by atoms with Gasteiger partial charge in [0.2, 0.25) is 11.8 Å². The lowest BCUT2D eigenvalue weighted by Crippen LogP contribution is -2.48. The summed E-state index contributed by atoms with van der Waals surface area (Å²) >= 11 is 0. The third kappa shape index (κ3) is 5.57. The molecule has 0 aromatic rings. The molecule has 2 amide bonds. The molecule has 0 radical (unpaired) electrons. The van der Waals surface area contributed by atoms with Gasteiger partial charge in [-0.05, 0) is 38.8 Å². The van der Waals surface area contributed by atoms with E-state index in [4.69, 9.17) is 5.84 Å². The van der Waals surface area contributed by atoms with E-state index in [2.05, 4.69) is 15.6 Å². The van der Waals surface area contributed by atoms with Crippen molar-refractivity contribution in [3.63, 3.8) is 0 Å². The van der Waals surface area contributed by atoms with Crippen molar-refractivity contribution in [2.45, 2.75) is 51.0 Å². The molecule has 1 aliphatic rings. The molecule has 1 rings (SSSR count). The fourth-order valence-electron chi connectivity index (χ4n) is 2.57. The number of piperidine rings is 1. The van der Waals surface area contributed by atoms with Crippen molar-refractivity contribution in [1.82, 2.24) is 15.6 Å². The van der Waals surface area contributed by atoms with Crippen LogP contribution in [0.2, 0.25) is 0 Å². The SMILES string of the molecule is CNC(=O)C1CCCCN1CCCCCC(=O)NN. The number of hydrogen-bond donors (Lipinski definition) is 3. The van der Waals surface area contributed by atoms with Crippen molar-refractivity contribution in [1.29, 1.82) is 0 Å². The maximum atomic E-state index is 11.8. The second-order valence-corrected chi connectivity index (χ2v) is 5.04. The molecule has 0 aromatic carbocycles. The van der Waals surface area contributed by atoms with Crippen molar-refractivity contribution < 1.29 is 9.59 Å². The molecule has 19 heavy (non-hydrogen) atoms. The van der Waals surface area contributed by atoms with E-state index in [0.717, 1.165) is 45.2 Å². The second kappa shape index (κ2) is 8.87. The third-order valence-corrected chi connectivity index (χ3v) is 3.67. The highest BCUT2D eigenvalue weighted by Gasteiger charge is 2.27. The first-order valence-electron chi connectivity index (χ1n) is 7.14. The van der Waals surface area contributed by atoms with Crippen LogP contribution in [-0.4, -0.2) is 42.9 Å². The number of carbonyl (C=O) groups excluding carboxylic acids is 2. The first-order chi connectivity index (χ1) is 9.19. The van der Waals surface area contributed by atoms with Crippen LogP contribution in [0.1, 0.15) is 44.9 Å². The zero-order valence-electron chi connectivity index (χ0n) is 11.8. The normalized spacial score (nSPS) is 20.0. The number of likely N-dealkylation sites (tertiary alicyclic amines) is 1. The van der Waals surface area contributed by atoms with E-state index in [0.29, 0.717) is 6.42 Å². The van der Waals surface area contributed by atoms with Crippen LogP contribution in [0.15, 0.2) is 0 Å². The van der Waals surface area contributed by atoms with E-state index >= 15 is 0 Å². The number of amides is 2. The fourth-order valence-corrected chi connectivity index (χ4v) is 2.57. The highest BCUT2D eigenvalue weighted by atomic mass is 16.2.